The highest BCUT2D eigenvalue weighted by Crippen LogP contribution is 2.12. The van der Waals surface area contributed by atoms with E-state index in [1.54, 1.807) is 21.1 Å². The van der Waals surface area contributed by atoms with E-state index in [0.29, 0.717) is 12.8 Å². The lowest BCUT2D eigenvalue weighted by molar-refractivity contribution is -0.889. The van der Waals surface area contributed by atoms with Crippen LogP contribution in [0.15, 0.2) is 97.2 Å². The van der Waals surface area contributed by atoms with Gasteiger partial charge in [0.15, 0.2) is 6.10 Å². The van der Waals surface area contributed by atoms with Gasteiger partial charge < -0.3 is 28.6 Å². The van der Waals surface area contributed by atoms with Gasteiger partial charge in [-0.3, -0.25) is 9.59 Å². The maximum Gasteiger partial charge on any atom is 0.306 e. The number of likely N-dealkylation sites (N-methyl/N-ethyl adjacent to an activating group) is 1. The zero-order chi connectivity index (χ0) is 43.5. The van der Waals surface area contributed by atoms with Crippen LogP contribution in [0.5, 0.6) is 0 Å². The van der Waals surface area contributed by atoms with Gasteiger partial charge in [0.1, 0.15) is 12.6 Å². The van der Waals surface area contributed by atoms with E-state index >= 15 is 0 Å². The summed E-state index contributed by atoms with van der Waals surface area (Å²) < 4.78 is 17.1. The first-order chi connectivity index (χ1) is 28.6. The summed E-state index contributed by atoms with van der Waals surface area (Å²) in [6, 6.07) is -0.739. The normalized spacial score (nSPS) is 13.8. The number of rotatable bonds is 39. The Bertz CT molecular complexity index is 1280. The molecule has 0 N–H and O–H groups in total. The largest absolute Gasteiger partial charge is 0.544 e. The highest BCUT2D eigenvalue weighted by atomic mass is 16.6. The van der Waals surface area contributed by atoms with Gasteiger partial charge in [-0.1, -0.05) is 143 Å². The Balaban J connectivity index is 4.43. The summed E-state index contributed by atoms with van der Waals surface area (Å²) in [5.74, 6) is -1.81. The molecule has 0 saturated heterocycles. The molecule has 2 atom stereocenters. The van der Waals surface area contributed by atoms with Crippen molar-refractivity contribution in [2.45, 2.75) is 167 Å². The summed E-state index contributed by atoms with van der Waals surface area (Å²) in [6.45, 7) is 4.37. The Morgan fingerprint density at radius 2 is 0.898 bits per heavy atom. The van der Waals surface area contributed by atoms with Crippen molar-refractivity contribution >= 4 is 17.9 Å². The van der Waals surface area contributed by atoms with E-state index in [0.717, 1.165) is 109 Å². The standard InChI is InChI=1S/C51H83NO7/c1-6-8-10-12-14-16-18-20-22-24-25-26-28-29-31-33-35-37-39-41-49(53)58-46-47(45-57-44-43-48(51(55)56)52(3,4)5)59-50(54)42-40-38-36-34-32-30-27-23-21-19-17-15-13-11-9-7-2/h8-11,14-17,20-23,25-26,29,31,47-48H,6-7,12-13,18-19,24,27-28,30,32-46H2,1-5H3/b10-8+,11-9+,16-14+,17-15+,22-20+,23-21+,26-25+,31-29+. The molecular weight excluding hydrogens is 739 g/mol. The lowest BCUT2D eigenvalue weighted by atomic mass is 10.1. The van der Waals surface area contributed by atoms with E-state index < -0.39 is 18.1 Å². The van der Waals surface area contributed by atoms with Gasteiger partial charge in [0.2, 0.25) is 0 Å². The topological polar surface area (TPSA) is 102 Å². The Hall–Kier alpha value is -3.75. The maximum atomic E-state index is 12.7. The molecule has 0 rings (SSSR count). The summed E-state index contributed by atoms with van der Waals surface area (Å²) in [4.78, 5) is 36.9. The highest BCUT2D eigenvalue weighted by Gasteiger charge is 2.25. The SMILES string of the molecule is CC/C=C/C/C=C/C/C=C/C/C=C/C/C=C/CCCCCC(=O)OCC(COCCC(C(=O)[O-])[N+](C)(C)C)OC(=O)CCCCCCCC/C=C/C/C=C/C/C=C/CC. The maximum absolute atomic E-state index is 12.7. The number of unbranched alkanes of at least 4 members (excludes halogenated alkanes) is 9. The van der Waals surface area contributed by atoms with Crippen molar-refractivity contribution < 1.29 is 38.2 Å². The molecule has 334 valence electrons. The highest BCUT2D eigenvalue weighted by molar-refractivity contribution is 5.70. The second kappa shape index (κ2) is 41.0. The van der Waals surface area contributed by atoms with Crippen LogP contribution >= 0.6 is 0 Å². The van der Waals surface area contributed by atoms with E-state index in [4.69, 9.17) is 14.2 Å². The van der Waals surface area contributed by atoms with Crippen LogP contribution in [0.3, 0.4) is 0 Å². The third kappa shape index (κ3) is 39.5. The van der Waals surface area contributed by atoms with Gasteiger partial charge in [-0.15, -0.1) is 0 Å². The third-order valence-electron chi connectivity index (χ3n) is 9.47. The monoisotopic (exact) mass is 822 g/mol. The molecule has 0 aliphatic heterocycles. The lowest BCUT2D eigenvalue weighted by Crippen LogP contribution is -2.55. The first-order valence-corrected chi connectivity index (χ1v) is 22.8. The molecule has 0 bridgehead atoms. The smallest absolute Gasteiger partial charge is 0.306 e. The molecule has 2 unspecified atom stereocenters. The number of nitrogens with zero attached hydrogens (tertiary/aromatic N) is 1. The first kappa shape index (κ1) is 55.2. The zero-order valence-electron chi connectivity index (χ0n) is 37.9. The molecule has 0 spiro atoms. The van der Waals surface area contributed by atoms with E-state index in [1.165, 1.54) is 12.8 Å². The fourth-order valence-corrected chi connectivity index (χ4v) is 5.99. The molecule has 0 aromatic heterocycles. The summed E-state index contributed by atoms with van der Waals surface area (Å²) in [7, 11) is 5.38. The number of ether oxygens (including phenoxy) is 3. The fraction of sp³-hybridized carbons (Fsp3) is 0.627. The number of hydrogen-bond donors (Lipinski definition) is 0. The summed E-state index contributed by atoms with van der Waals surface area (Å²) in [5, 5.41) is 11.6. The van der Waals surface area contributed by atoms with Gasteiger partial charge in [-0.25, -0.2) is 0 Å². The first-order valence-electron chi connectivity index (χ1n) is 22.8. The molecule has 0 heterocycles. The minimum Gasteiger partial charge on any atom is -0.544 e. The van der Waals surface area contributed by atoms with Crippen LogP contribution in [0.2, 0.25) is 0 Å². The Kier molecular flexibility index (Phi) is 38.4. The quantitative estimate of drug-likeness (QED) is 0.0263. The molecule has 0 aromatic rings. The number of aliphatic carboxylic acids is 1. The minimum atomic E-state index is -1.14. The van der Waals surface area contributed by atoms with Crippen LogP contribution in [-0.4, -0.2) is 75.5 Å². The van der Waals surface area contributed by atoms with E-state index in [-0.39, 0.29) is 42.7 Å². The number of esters is 2. The second-order valence-electron chi connectivity index (χ2n) is 15.9. The molecule has 0 amide bonds. The minimum absolute atomic E-state index is 0.0181. The Morgan fingerprint density at radius 3 is 1.34 bits per heavy atom. The van der Waals surface area contributed by atoms with Gasteiger partial charge in [-0.2, -0.15) is 0 Å². The molecule has 59 heavy (non-hydrogen) atoms. The molecule has 0 aromatic carbocycles. The lowest BCUT2D eigenvalue weighted by Gasteiger charge is -2.34. The van der Waals surface area contributed by atoms with Gasteiger partial charge in [0.05, 0.1) is 40.3 Å². The van der Waals surface area contributed by atoms with Crippen molar-refractivity contribution in [3.63, 3.8) is 0 Å². The number of carboxylic acid groups (broad SMARTS) is 1. The van der Waals surface area contributed by atoms with Crippen LogP contribution in [-0.2, 0) is 28.6 Å². The van der Waals surface area contributed by atoms with Crippen LogP contribution < -0.4 is 5.11 Å². The number of carboxylic acids is 1. The Morgan fingerprint density at radius 1 is 0.508 bits per heavy atom. The molecule has 8 nitrogen and oxygen atoms in total. The zero-order valence-corrected chi connectivity index (χ0v) is 37.9. The van der Waals surface area contributed by atoms with Crippen LogP contribution in [0.1, 0.15) is 155 Å². The number of quaternary nitrogens is 1. The number of allylic oxidation sites excluding steroid dienone is 16. The fourth-order valence-electron chi connectivity index (χ4n) is 5.99. The predicted molar refractivity (Wildman–Crippen MR) is 245 cm³/mol. The number of carbonyl (C=O) groups excluding carboxylic acids is 3. The summed E-state index contributed by atoms with van der Waals surface area (Å²) in [6.07, 6.45) is 54.3. The molecule has 8 heteroatoms. The van der Waals surface area contributed by atoms with Crippen LogP contribution in [0.25, 0.3) is 0 Å². The molecule has 0 aliphatic rings. The van der Waals surface area contributed by atoms with E-state index in [9.17, 15) is 19.5 Å². The van der Waals surface area contributed by atoms with Gasteiger partial charge in [-0.05, 0) is 89.9 Å². The molecular formula is C51H83NO7. The predicted octanol–water partition coefficient (Wildman–Crippen LogP) is 11.4. The Labute approximate surface area is 360 Å². The average molecular weight is 822 g/mol. The average Bonchev–Trinajstić information content (AvgIpc) is 3.19. The van der Waals surface area contributed by atoms with Gasteiger partial charge >= 0.3 is 11.9 Å². The van der Waals surface area contributed by atoms with Crippen molar-refractivity contribution in [1.82, 2.24) is 0 Å². The molecule has 0 fully saturated rings. The van der Waals surface area contributed by atoms with Crippen molar-refractivity contribution in [1.29, 1.82) is 0 Å². The van der Waals surface area contributed by atoms with Crippen molar-refractivity contribution in [2.75, 3.05) is 41.0 Å². The van der Waals surface area contributed by atoms with Gasteiger partial charge in [0, 0.05) is 19.3 Å². The van der Waals surface area contributed by atoms with Crippen molar-refractivity contribution in [3.05, 3.63) is 97.2 Å². The molecule has 0 saturated carbocycles. The third-order valence-corrected chi connectivity index (χ3v) is 9.47. The van der Waals surface area contributed by atoms with E-state index in [2.05, 4.69) is 111 Å². The number of carbonyl (C=O) groups is 3. The van der Waals surface area contributed by atoms with Crippen LogP contribution in [0, 0.1) is 0 Å². The summed E-state index contributed by atoms with van der Waals surface area (Å²) in [5.41, 5.74) is 0. The molecule has 0 aliphatic carbocycles. The van der Waals surface area contributed by atoms with Crippen molar-refractivity contribution in [2.24, 2.45) is 0 Å². The molecule has 0 radical (unpaired) electrons. The second-order valence-corrected chi connectivity index (χ2v) is 15.9. The van der Waals surface area contributed by atoms with Crippen molar-refractivity contribution in [3.8, 4) is 0 Å². The summed E-state index contributed by atoms with van der Waals surface area (Å²) >= 11 is 0. The number of hydrogen-bond acceptors (Lipinski definition) is 7. The van der Waals surface area contributed by atoms with Gasteiger partial charge in [0.25, 0.3) is 0 Å². The van der Waals surface area contributed by atoms with E-state index in [1.807, 2.05) is 0 Å². The van der Waals surface area contributed by atoms with Crippen LogP contribution in [0.4, 0.5) is 0 Å².